The summed E-state index contributed by atoms with van der Waals surface area (Å²) in [6.45, 7) is 3.55. The van der Waals surface area contributed by atoms with E-state index in [1.165, 1.54) is 16.6 Å². The van der Waals surface area contributed by atoms with E-state index in [1.54, 1.807) is 19.0 Å². The van der Waals surface area contributed by atoms with Gasteiger partial charge in [0.1, 0.15) is 12.3 Å². The molecule has 0 aliphatic carbocycles. The van der Waals surface area contributed by atoms with Crippen molar-refractivity contribution in [2.45, 2.75) is 25.8 Å². The van der Waals surface area contributed by atoms with Gasteiger partial charge in [-0.3, -0.25) is 4.79 Å². The predicted molar refractivity (Wildman–Crippen MR) is 128 cm³/mol. The minimum atomic E-state index is -0.0362. The zero-order chi connectivity index (χ0) is 22.5. The molecule has 1 aromatic heterocycles. The minimum absolute atomic E-state index is 0.0362. The second-order valence-electron chi connectivity index (χ2n) is 8.28. The predicted octanol–water partition coefficient (Wildman–Crippen LogP) is 3.17. The van der Waals surface area contributed by atoms with Gasteiger partial charge < -0.3 is 25.3 Å². The van der Waals surface area contributed by atoms with Crippen LogP contribution in [-0.2, 0) is 11.2 Å². The highest BCUT2D eigenvalue weighted by Gasteiger charge is 2.22. The van der Waals surface area contributed by atoms with Crippen LogP contribution in [0.1, 0.15) is 29.3 Å². The lowest BCUT2D eigenvalue weighted by molar-refractivity contribution is -0.127. The Bertz CT molecular complexity index is 1120. The van der Waals surface area contributed by atoms with Crippen molar-refractivity contribution in [1.82, 2.24) is 20.5 Å². The molecule has 0 bridgehead atoms. The number of guanidine groups is 1. The van der Waals surface area contributed by atoms with Crippen LogP contribution in [0.2, 0.25) is 0 Å². The number of hydrogen-bond donors (Lipinski definition) is 3. The molecule has 1 aliphatic rings. The molecule has 1 unspecified atom stereocenters. The highest BCUT2D eigenvalue weighted by molar-refractivity contribution is 5.86. The smallest absolute Gasteiger partial charge is 0.243 e. The maximum absolute atomic E-state index is 12.1. The van der Waals surface area contributed by atoms with Crippen LogP contribution < -0.4 is 15.4 Å². The lowest BCUT2D eigenvalue weighted by Crippen LogP contribution is -2.42. The molecule has 3 N–H and O–H groups in total. The third-order valence-electron chi connectivity index (χ3n) is 5.84. The van der Waals surface area contributed by atoms with Gasteiger partial charge in [0.05, 0.1) is 12.6 Å². The minimum Gasteiger partial charge on any atom is -0.493 e. The number of hydrogen-bond acceptors (Lipinski definition) is 3. The van der Waals surface area contributed by atoms with Crippen molar-refractivity contribution >= 4 is 22.8 Å². The Morgan fingerprint density at radius 2 is 1.97 bits per heavy atom. The van der Waals surface area contributed by atoms with E-state index < -0.39 is 0 Å². The molecule has 3 aromatic rings. The first-order chi connectivity index (χ1) is 15.5. The van der Waals surface area contributed by atoms with E-state index in [-0.39, 0.29) is 18.5 Å². The van der Waals surface area contributed by atoms with Crippen molar-refractivity contribution in [1.29, 1.82) is 0 Å². The quantitative estimate of drug-likeness (QED) is 0.412. The largest absolute Gasteiger partial charge is 0.493 e. The number of ether oxygens (including phenoxy) is 1. The SMILES string of the molecule is Cc1[nH]c2ccccc2c1CCNC(=NCC(=O)N(C)C)NC1CCOc2ccccc21. The van der Waals surface area contributed by atoms with Crippen molar-refractivity contribution in [3.8, 4) is 5.75 Å². The van der Waals surface area contributed by atoms with Crippen LogP contribution in [0, 0.1) is 6.92 Å². The lowest BCUT2D eigenvalue weighted by Gasteiger charge is -2.28. The molecule has 1 amide bonds. The van der Waals surface area contributed by atoms with Crippen LogP contribution >= 0.6 is 0 Å². The molecule has 0 saturated carbocycles. The molecular weight excluding hydrogens is 402 g/mol. The van der Waals surface area contributed by atoms with Crippen molar-refractivity contribution in [2.75, 3.05) is 33.8 Å². The Balaban J connectivity index is 1.48. The number of aromatic amines is 1. The van der Waals surface area contributed by atoms with Gasteiger partial charge >= 0.3 is 0 Å². The Kier molecular flexibility index (Phi) is 6.63. The number of aliphatic imine (C=N–C) groups is 1. The van der Waals surface area contributed by atoms with Crippen LogP contribution in [0.3, 0.4) is 0 Å². The van der Waals surface area contributed by atoms with Gasteiger partial charge in [0, 0.05) is 49.2 Å². The molecule has 0 fully saturated rings. The second kappa shape index (κ2) is 9.77. The zero-order valence-electron chi connectivity index (χ0n) is 18.9. The van der Waals surface area contributed by atoms with E-state index in [0.29, 0.717) is 19.1 Å². The number of para-hydroxylation sites is 2. The fourth-order valence-electron chi connectivity index (χ4n) is 4.06. The third-order valence-corrected chi connectivity index (χ3v) is 5.84. The third kappa shape index (κ3) is 4.88. The molecule has 1 atom stereocenters. The van der Waals surface area contributed by atoms with Gasteiger partial charge in [-0.15, -0.1) is 0 Å². The van der Waals surface area contributed by atoms with Gasteiger partial charge in [0.2, 0.25) is 5.91 Å². The summed E-state index contributed by atoms with van der Waals surface area (Å²) < 4.78 is 5.78. The van der Waals surface area contributed by atoms with Crippen molar-refractivity contribution in [3.63, 3.8) is 0 Å². The average molecular weight is 434 g/mol. The number of benzene rings is 2. The molecule has 0 spiro atoms. The number of nitrogens with zero attached hydrogens (tertiary/aromatic N) is 2. The number of aromatic nitrogens is 1. The van der Waals surface area contributed by atoms with Gasteiger partial charge in [0.15, 0.2) is 5.96 Å². The summed E-state index contributed by atoms with van der Waals surface area (Å²) in [4.78, 5) is 21.7. The number of likely N-dealkylation sites (N-methyl/N-ethyl adjacent to an activating group) is 1. The summed E-state index contributed by atoms with van der Waals surface area (Å²) in [5, 5.41) is 8.20. The van der Waals surface area contributed by atoms with Gasteiger partial charge in [-0.2, -0.15) is 0 Å². The molecule has 0 saturated heterocycles. The molecule has 7 heteroatoms. The van der Waals surface area contributed by atoms with Crippen LogP contribution in [0.25, 0.3) is 10.9 Å². The first-order valence-corrected chi connectivity index (χ1v) is 11.1. The summed E-state index contributed by atoms with van der Waals surface area (Å²) in [7, 11) is 3.49. The Hall–Kier alpha value is -3.48. The molecule has 2 aromatic carbocycles. The number of carbonyl (C=O) groups is 1. The molecule has 32 heavy (non-hydrogen) atoms. The van der Waals surface area contributed by atoms with Crippen LogP contribution in [0.15, 0.2) is 53.5 Å². The van der Waals surface area contributed by atoms with Crippen molar-refractivity contribution < 1.29 is 9.53 Å². The summed E-state index contributed by atoms with van der Waals surface area (Å²) in [5.41, 5.74) is 4.75. The first kappa shape index (κ1) is 21.7. The molecule has 7 nitrogen and oxygen atoms in total. The summed E-state index contributed by atoms with van der Waals surface area (Å²) in [6, 6.07) is 16.5. The summed E-state index contributed by atoms with van der Waals surface area (Å²) in [5.74, 6) is 1.50. The second-order valence-corrected chi connectivity index (χ2v) is 8.28. The molecule has 2 heterocycles. The van der Waals surface area contributed by atoms with Gasteiger partial charge in [-0.1, -0.05) is 36.4 Å². The molecule has 4 rings (SSSR count). The van der Waals surface area contributed by atoms with Gasteiger partial charge in [0.25, 0.3) is 0 Å². The topological polar surface area (TPSA) is 81.8 Å². The highest BCUT2D eigenvalue weighted by Crippen LogP contribution is 2.31. The van der Waals surface area contributed by atoms with Crippen LogP contribution in [0.4, 0.5) is 0 Å². The van der Waals surface area contributed by atoms with Gasteiger partial charge in [-0.25, -0.2) is 4.99 Å². The fraction of sp³-hybridized carbons (Fsp3) is 0.360. The number of fused-ring (bicyclic) bond motifs is 2. The highest BCUT2D eigenvalue weighted by atomic mass is 16.5. The van der Waals surface area contributed by atoms with Gasteiger partial charge in [-0.05, 0) is 31.0 Å². The normalized spacial score (nSPS) is 15.7. The maximum atomic E-state index is 12.1. The number of carbonyl (C=O) groups excluding carboxylic acids is 1. The number of aryl methyl sites for hydroxylation is 1. The summed E-state index contributed by atoms with van der Waals surface area (Å²) >= 11 is 0. The molecule has 168 valence electrons. The van der Waals surface area contributed by atoms with Crippen LogP contribution in [-0.4, -0.2) is 55.5 Å². The average Bonchev–Trinajstić information content (AvgIpc) is 3.12. The number of amides is 1. The van der Waals surface area contributed by atoms with E-state index in [9.17, 15) is 4.79 Å². The zero-order valence-corrected chi connectivity index (χ0v) is 18.9. The number of H-pyrrole nitrogens is 1. The Labute approximate surface area is 188 Å². The standard InChI is InChI=1S/C25H31N5O2/c1-17-18(19-8-4-6-10-21(19)28-17)12-14-26-25(27-16-24(31)30(2)3)29-22-13-15-32-23-11-7-5-9-20(22)23/h4-11,22,28H,12-16H2,1-3H3,(H2,26,27,29). The van der Waals surface area contributed by atoms with Crippen molar-refractivity contribution in [2.24, 2.45) is 4.99 Å². The number of nitrogens with one attached hydrogen (secondary N) is 3. The summed E-state index contributed by atoms with van der Waals surface area (Å²) in [6.07, 6.45) is 1.68. The van der Waals surface area contributed by atoms with E-state index >= 15 is 0 Å². The van der Waals surface area contributed by atoms with E-state index in [0.717, 1.165) is 29.7 Å². The van der Waals surface area contributed by atoms with E-state index in [4.69, 9.17) is 4.74 Å². The molecule has 0 radical (unpaired) electrons. The van der Waals surface area contributed by atoms with E-state index in [1.807, 2.05) is 24.3 Å². The fourth-order valence-corrected chi connectivity index (χ4v) is 4.06. The molecule has 1 aliphatic heterocycles. The van der Waals surface area contributed by atoms with Crippen molar-refractivity contribution in [3.05, 3.63) is 65.4 Å². The maximum Gasteiger partial charge on any atom is 0.243 e. The number of rotatable bonds is 6. The monoisotopic (exact) mass is 433 g/mol. The Morgan fingerprint density at radius 1 is 1.19 bits per heavy atom. The van der Waals surface area contributed by atoms with Crippen LogP contribution in [0.5, 0.6) is 5.75 Å². The molecular formula is C25H31N5O2. The van der Waals surface area contributed by atoms with E-state index in [2.05, 4.69) is 51.8 Å². The first-order valence-electron chi connectivity index (χ1n) is 11.1. The lowest BCUT2D eigenvalue weighted by atomic mass is 10.0. The Morgan fingerprint density at radius 3 is 2.81 bits per heavy atom.